The molecule has 0 spiro atoms. The molecule has 0 bridgehead atoms. The molecule has 16 heteroatoms. The van der Waals surface area contributed by atoms with E-state index in [4.69, 9.17) is 5.10 Å². The molecule has 0 aliphatic carbocycles. The van der Waals surface area contributed by atoms with Gasteiger partial charge in [-0.05, 0) is 98.0 Å². The smallest absolute Gasteiger partial charge is 0.301 e. The summed E-state index contributed by atoms with van der Waals surface area (Å²) in [5, 5.41) is 7.35. The van der Waals surface area contributed by atoms with Gasteiger partial charge in [0.1, 0.15) is 11.4 Å². The van der Waals surface area contributed by atoms with Crippen molar-refractivity contribution in [1.82, 2.24) is 29.3 Å². The summed E-state index contributed by atoms with van der Waals surface area (Å²) in [7, 11) is -3.92. The Labute approximate surface area is 360 Å². The third-order valence-corrected chi connectivity index (χ3v) is 14.3. The van der Waals surface area contributed by atoms with E-state index in [1.807, 2.05) is 60.7 Å². The Morgan fingerprint density at radius 2 is 1.44 bits per heavy atom. The minimum absolute atomic E-state index is 0.107. The number of aryl methyl sites for hydroxylation is 1. The Balaban J connectivity index is 0.834. The highest BCUT2D eigenvalue weighted by Crippen LogP contribution is 2.38. The van der Waals surface area contributed by atoms with Crippen LogP contribution in [0.25, 0.3) is 28.1 Å². The Kier molecular flexibility index (Phi) is 11.6. The van der Waals surface area contributed by atoms with Gasteiger partial charge in [0.15, 0.2) is 5.82 Å². The summed E-state index contributed by atoms with van der Waals surface area (Å²) in [6, 6.07) is 22.8. The lowest BCUT2D eigenvalue weighted by atomic mass is 9.89. The van der Waals surface area contributed by atoms with Crippen LogP contribution in [0.2, 0.25) is 0 Å². The second-order valence-corrected chi connectivity index (χ2v) is 18.6. The van der Waals surface area contributed by atoms with Gasteiger partial charge in [-0.1, -0.05) is 12.1 Å². The lowest BCUT2D eigenvalue weighted by molar-refractivity contribution is -0.134. The Hall–Kier alpha value is -5.71. The first-order valence-electron chi connectivity index (χ1n) is 21.5. The van der Waals surface area contributed by atoms with Gasteiger partial charge in [-0.25, -0.2) is 13.5 Å². The number of piperidine rings is 2. The molecule has 13 nitrogen and oxygen atoms in total. The molecule has 6 heterocycles. The fraction of sp³-hybridized carbons (Fsp3) is 0.391. The van der Waals surface area contributed by atoms with Crippen LogP contribution in [0.15, 0.2) is 91.4 Å². The van der Waals surface area contributed by atoms with Gasteiger partial charge in [-0.3, -0.25) is 29.5 Å². The highest BCUT2D eigenvalue weighted by molar-refractivity contribution is 7.90. The number of aromatic nitrogens is 3. The Bertz CT molecular complexity index is 2530. The topological polar surface area (TPSA) is 136 Å². The summed E-state index contributed by atoms with van der Waals surface area (Å²) < 4.78 is 64.5. The number of carbonyl (C=O) groups excluding carboxylic acids is 2. The first-order valence-corrected chi connectivity index (χ1v) is 22.9. The molecule has 0 unspecified atom stereocenters. The van der Waals surface area contributed by atoms with Crippen LogP contribution in [0.1, 0.15) is 55.6 Å². The van der Waals surface area contributed by atoms with Crippen molar-refractivity contribution in [2.45, 2.75) is 57.0 Å². The number of hydrogen-bond donors (Lipinski definition) is 2. The summed E-state index contributed by atoms with van der Waals surface area (Å²) in [6.07, 6.45) is 8.36. The quantitative estimate of drug-likeness (QED) is 0.144. The monoisotopic (exact) mass is 863 g/mol. The number of pyridine rings is 1. The molecule has 4 aliphatic rings. The van der Waals surface area contributed by atoms with Crippen LogP contribution in [0.4, 0.5) is 25.8 Å². The van der Waals surface area contributed by atoms with Crippen molar-refractivity contribution in [3.05, 3.63) is 108 Å². The molecule has 4 fully saturated rings. The van der Waals surface area contributed by atoms with E-state index in [0.29, 0.717) is 75.2 Å². The molecule has 9 rings (SSSR count). The SMILES string of the molecule is Cc1cc(NS(=O)(=O)N2CCCC2)c(F)c(-c2cn(-c3ccc(N4CCN(CC5(F)CCN(c6ccc([C@H]7CCC(=O)NC7=O)cc6)CC5)CC4)cc3)nc2-c2ccncc2)c1. The first kappa shape index (κ1) is 41.6. The normalized spacial score (nSPS) is 20.1. The van der Waals surface area contributed by atoms with Gasteiger partial charge in [-0.2, -0.15) is 17.8 Å². The van der Waals surface area contributed by atoms with Gasteiger partial charge in [-0.15, -0.1) is 0 Å². The molecule has 2 amide bonds. The lowest BCUT2D eigenvalue weighted by Crippen LogP contribution is -2.53. The molecule has 2 N–H and O–H groups in total. The van der Waals surface area contributed by atoms with Crippen molar-refractivity contribution in [2.24, 2.45) is 0 Å². The number of nitrogens with zero attached hydrogens (tertiary/aromatic N) is 7. The number of hydrogen-bond acceptors (Lipinski definition) is 9. The summed E-state index contributed by atoms with van der Waals surface area (Å²) in [5.41, 5.74) is 5.05. The molecule has 4 aliphatic heterocycles. The molecule has 0 saturated carbocycles. The summed E-state index contributed by atoms with van der Waals surface area (Å²) in [4.78, 5) is 34.8. The summed E-state index contributed by atoms with van der Waals surface area (Å²) in [5.74, 6) is -1.47. The zero-order chi connectivity index (χ0) is 43.0. The largest absolute Gasteiger partial charge is 0.371 e. The van der Waals surface area contributed by atoms with E-state index in [0.717, 1.165) is 67.2 Å². The van der Waals surface area contributed by atoms with E-state index >= 15 is 8.78 Å². The predicted molar refractivity (Wildman–Crippen MR) is 236 cm³/mol. The zero-order valence-corrected chi connectivity index (χ0v) is 35.6. The van der Waals surface area contributed by atoms with Crippen molar-refractivity contribution in [2.75, 3.05) is 73.4 Å². The van der Waals surface area contributed by atoms with Crippen LogP contribution in [-0.4, -0.2) is 109 Å². The number of imide groups is 1. The minimum Gasteiger partial charge on any atom is -0.371 e. The summed E-state index contributed by atoms with van der Waals surface area (Å²) in [6.45, 7) is 7.25. The van der Waals surface area contributed by atoms with Gasteiger partial charge >= 0.3 is 10.2 Å². The van der Waals surface area contributed by atoms with E-state index in [1.165, 1.54) is 10.4 Å². The third-order valence-electron chi connectivity index (χ3n) is 12.7. The Morgan fingerprint density at radius 1 is 0.806 bits per heavy atom. The fourth-order valence-electron chi connectivity index (χ4n) is 9.23. The number of nitrogens with one attached hydrogen (secondary N) is 2. The van der Waals surface area contributed by atoms with Crippen LogP contribution in [0.5, 0.6) is 0 Å². The predicted octanol–water partition coefficient (Wildman–Crippen LogP) is 6.45. The average molecular weight is 864 g/mol. The van der Waals surface area contributed by atoms with E-state index in [2.05, 4.69) is 29.7 Å². The van der Waals surface area contributed by atoms with Crippen molar-refractivity contribution < 1.29 is 26.8 Å². The highest BCUT2D eigenvalue weighted by Gasteiger charge is 2.37. The molecule has 0 radical (unpaired) electrons. The molecule has 2 aromatic heterocycles. The van der Waals surface area contributed by atoms with Crippen LogP contribution < -0.4 is 19.8 Å². The minimum atomic E-state index is -3.92. The van der Waals surface area contributed by atoms with Crippen LogP contribution in [0, 0.1) is 12.7 Å². The molecular weight excluding hydrogens is 813 g/mol. The lowest BCUT2D eigenvalue weighted by Gasteiger charge is -2.43. The molecular formula is C46H51F2N9O4S. The molecule has 4 saturated heterocycles. The number of alkyl halides is 1. The van der Waals surface area contributed by atoms with Crippen LogP contribution in [0.3, 0.4) is 0 Å². The van der Waals surface area contributed by atoms with E-state index in [-0.39, 0.29) is 29.0 Å². The first-order chi connectivity index (χ1) is 29.9. The van der Waals surface area contributed by atoms with Gasteiger partial charge in [0.25, 0.3) is 0 Å². The average Bonchev–Trinajstić information content (AvgIpc) is 3.99. The summed E-state index contributed by atoms with van der Waals surface area (Å²) >= 11 is 0. The standard InChI is InChI=1S/C46H51F2N9O4S/c1-32-28-39(43(47)41(29-32)52-62(60,61)56-20-2-3-21-56)40-30-57(51-44(40)34-14-18-49-19-15-34)37-10-8-36(9-11-37)55-26-24-53(25-27-55)31-46(48)16-22-54(23-17-46)35-6-4-33(5-7-35)38-12-13-42(58)50-45(38)59/h4-11,14-15,18-19,28-30,38,52H,2-3,12-13,16-17,20-27,31H2,1H3,(H,50,58,59)/t38-/m1/s1. The van der Waals surface area contributed by atoms with Gasteiger partial charge in [0, 0.05) is 125 Å². The number of rotatable bonds is 11. The number of carbonyl (C=O) groups is 2. The number of piperazine rings is 1. The maximum absolute atomic E-state index is 16.4. The van der Waals surface area contributed by atoms with Gasteiger partial charge in [0.2, 0.25) is 11.8 Å². The number of halogens is 2. The second kappa shape index (κ2) is 17.2. The van der Waals surface area contributed by atoms with E-state index in [9.17, 15) is 18.0 Å². The molecule has 324 valence electrons. The van der Waals surface area contributed by atoms with E-state index in [1.54, 1.807) is 36.3 Å². The van der Waals surface area contributed by atoms with Crippen LogP contribution in [-0.2, 0) is 19.8 Å². The van der Waals surface area contributed by atoms with Gasteiger partial charge in [0.05, 0.1) is 17.3 Å². The molecule has 3 aromatic carbocycles. The van der Waals surface area contributed by atoms with Gasteiger partial charge < -0.3 is 9.80 Å². The fourth-order valence-corrected chi connectivity index (χ4v) is 10.5. The highest BCUT2D eigenvalue weighted by atomic mass is 32.2. The second-order valence-electron chi connectivity index (χ2n) is 17.0. The zero-order valence-electron chi connectivity index (χ0n) is 34.8. The Morgan fingerprint density at radius 3 is 2.10 bits per heavy atom. The molecule has 1 atom stereocenters. The van der Waals surface area contributed by atoms with Crippen LogP contribution >= 0.6 is 0 Å². The van der Waals surface area contributed by atoms with E-state index < -0.39 is 21.7 Å². The number of anilines is 3. The van der Waals surface area contributed by atoms with Crippen molar-refractivity contribution in [1.29, 1.82) is 0 Å². The maximum Gasteiger partial charge on any atom is 0.301 e. The van der Waals surface area contributed by atoms with Crippen molar-refractivity contribution >= 4 is 39.1 Å². The van der Waals surface area contributed by atoms with Crippen molar-refractivity contribution in [3.63, 3.8) is 0 Å². The number of amides is 2. The number of benzene rings is 3. The molecule has 5 aromatic rings. The van der Waals surface area contributed by atoms with Crippen molar-refractivity contribution in [3.8, 4) is 28.1 Å². The third kappa shape index (κ3) is 8.81. The maximum atomic E-state index is 16.4. The molecule has 62 heavy (non-hydrogen) atoms.